The summed E-state index contributed by atoms with van der Waals surface area (Å²) < 4.78 is 38.7. The Morgan fingerprint density at radius 3 is 2.26 bits per heavy atom. The molecular weight excluding hydrogens is 480 g/mol. The van der Waals surface area contributed by atoms with Gasteiger partial charge in [-0.05, 0) is 22.0 Å². The molecule has 1 aromatic carbocycles. The van der Waals surface area contributed by atoms with Crippen molar-refractivity contribution >= 4 is 33.8 Å². The van der Waals surface area contributed by atoms with Crippen molar-refractivity contribution in [1.29, 1.82) is 0 Å². The molecule has 0 N–H and O–H groups in total. The molecule has 1 aliphatic rings. The van der Waals surface area contributed by atoms with Crippen molar-refractivity contribution < 1.29 is 47.5 Å². The first-order valence-corrected chi connectivity index (χ1v) is 10.1. The Kier molecular flexibility index (Phi) is 8.93. The van der Waals surface area contributed by atoms with Crippen LogP contribution in [0.15, 0.2) is 16.6 Å². The smallest absolute Gasteiger partial charge is 0.303 e. The number of ether oxygens (including phenoxy) is 7. The topological polar surface area (TPSA) is 116 Å². The number of halogens is 1. The third kappa shape index (κ3) is 7.00. The second-order valence-corrected chi connectivity index (χ2v) is 7.48. The second-order valence-electron chi connectivity index (χ2n) is 6.62. The minimum absolute atomic E-state index is 0.0513. The van der Waals surface area contributed by atoms with Crippen molar-refractivity contribution in [2.24, 2.45) is 0 Å². The number of benzene rings is 1. The van der Waals surface area contributed by atoms with Gasteiger partial charge in [-0.15, -0.1) is 0 Å². The van der Waals surface area contributed by atoms with Crippen molar-refractivity contribution in [1.82, 2.24) is 0 Å². The Labute approximate surface area is 188 Å². The lowest BCUT2D eigenvalue weighted by Crippen LogP contribution is -2.54. The molecule has 1 fully saturated rings. The van der Waals surface area contributed by atoms with Crippen LogP contribution < -0.4 is 14.2 Å². The lowest BCUT2D eigenvalue weighted by molar-refractivity contribution is -0.246. The Morgan fingerprint density at radius 2 is 1.71 bits per heavy atom. The van der Waals surface area contributed by atoms with Gasteiger partial charge in [-0.3, -0.25) is 14.4 Å². The van der Waals surface area contributed by atoms with E-state index in [1.54, 1.807) is 12.1 Å². The highest BCUT2D eigenvalue weighted by atomic mass is 79.9. The van der Waals surface area contributed by atoms with Crippen molar-refractivity contribution in [3.05, 3.63) is 16.6 Å². The molecule has 0 spiro atoms. The highest BCUT2D eigenvalue weighted by Gasteiger charge is 2.45. The van der Waals surface area contributed by atoms with Crippen LogP contribution in [0, 0.1) is 0 Å². The second kappa shape index (κ2) is 11.2. The Balaban J connectivity index is 2.32. The number of hydrogen-bond donors (Lipinski definition) is 0. The summed E-state index contributed by atoms with van der Waals surface area (Å²) in [6.45, 7) is 3.46. The van der Waals surface area contributed by atoms with Gasteiger partial charge in [0.05, 0.1) is 25.1 Å². The highest BCUT2D eigenvalue weighted by Crippen LogP contribution is 2.41. The molecule has 10 nitrogen and oxygen atoms in total. The minimum Gasteiger partial charge on any atom is -0.497 e. The van der Waals surface area contributed by atoms with Gasteiger partial charge in [0.25, 0.3) is 0 Å². The van der Waals surface area contributed by atoms with Crippen molar-refractivity contribution in [3.8, 4) is 17.2 Å². The lowest BCUT2D eigenvalue weighted by Gasteiger charge is -2.40. The van der Waals surface area contributed by atoms with Crippen LogP contribution in [-0.2, 0) is 33.3 Å². The molecule has 0 radical (unpaired) electrons. The first kappa shape index (κ1) is 24.7. The van der Waals surface area contributed by atoms with E-state index >= 15 is 0 Å². The maximum atomic E-state index is 11.6. The van der Waals surface area contributed by atoms with E-state index in [-0.39, 0.29) is 13.0 Å². The Bertz CT molecular complexity index is 811. The van der Waals surface area contributed by atoms with Gasteiger partial charge < -0.3 is 33.2 Å². The monoisotopic (exact) mass is 504 g/mol. The van der Waals surface area contributed by atoms with Crippen LogP contribution in [0.1, 0.15) is 27.2 Å². The van der Waals surface area contributed by atoms with Gasteiger partial charge in [0.1, 0.15) is 24.6 Å². The molecule has 0 bridgehead atoms. The van der Waals surface area contributed by atoms with Crippen LogP contribution in [0.25, 0.3) is 0 Å². The number of rotatable bonds is 8. The summed E-state index contributed by atoms with van der Waals surface area (Å²) in [4.78, 5) is 34.5. The van der Waals surface area contributed by atoms with Gasteiger partial charge in [-0.25, -0.2) is 0 Å². The predicted molar refractivity (Wildman–Crippen MR) is 109 cm³/mol. The van der Waals surface area contributed by atoms with Crippen LogP contribution in [0.4, 0.5) is 0 Å². The molecule has 2 rings (SSSR count). The van der Waals surface area contributed by atoms with E-state index in [1.807, 2.05) is 0 Å². The molecule has 1 aliphatic heterocycles. The molecule has 0 aromatic heterocycles. The van der Waals surface area contributed by atoms with E-state index < -0.39 is 42.5 Å². The average molecular weight is 505 g/mol. The van der Waals surface area contributed by atoms with Gasteiger partial charge in [0.15, 0.2) is 17.6 Å². The maximum Gasteiger partial charge on any atom is 0.303 e. The van der Waals surface area contributed by atoms with Crippen molar-refractivity contribution in [3.63, 3.8) is 0 Å². The number of carbonyl (C=O) groups excluding carboxylic acids is 3. The number of methoxy groups -OCH3 is 2. The zero-order chi connectivity index (χ0) is 23.1. The quantitative estimate of drug-likeness (QED) is 0.385. The zero-order valence-electron chi connectivity index (χ0n) is 17.8. The van der Waals surface area contributed by atoms with E-state index in [1.165, 1.54) is 35.0 Å². The number of esters is 3. The molecule has 0 unspecified atom stereocenters. The molecule has 0 aliphatic carbocycles. The third-order valence-electron chi connectivity index (χ3n) is 4.24. The summed E-state index contributed by atoms with van der Waals surface area (Å²) in [6.07, 6.45) is -3.69. The fraction of sp³-hybridized carbons (Fsp3) is 0.550. The molecule has 0 amide bonds. The summed E-state index contributed by atoms with van der Waals surface area (Å²) in [5, 5.41) is 0. The molecule has 172 valence electrons. The summed E-state index contributed by atoms with van der Waals surface area (Å²) in [5.74, 6) is -0.475. The van der Waals surface area contributed by atoms with Crippen LogP contribution in [0.3, 0.4) is 0 Å². The lowest BCUT2D eigenvalue weighted by atomic mass is 10.0. The van der Waals surface area contributed by atoms with Gasteiger partial charge in [0.2, 0.25) is 6.29 Å². The minimum atomic E-state index is -0.984. The molecule has 31 heavy (non-hydrogen) atoms. The highest BCUT2D eigenvalue weighted by molar-refractivity contribution is 9.10. The summed E-state index contributed by atoms with van der Waals surface area (Å²) in [6, 6.07) is 3.31. The summed E-state index contributed by atoms with van der Waals surface area (Å²) in [5.41, 5.74) is 0. The molecule has 11 heteroatoms. The predicted octanol–water partition coefficient (Wildman–Crippen LogP) is 2.39. The number of hydrogen-bond acceptors (Lipinski definition) is 10. The first-order valence-electron chi connectivity index (χ1n) is 9.36. The van der Waals surface area contributed by atoms with E-state index in [4.69, 9.17) is 33.2 Å². The first-order chi connectivity index (χ1) is 14.6. The summed E-state index contributed by atoms with van der Waals surface area (Å²) >= 11 is 3.41. The van der Waals surface area contributed by atoms with Crippen LogP contribution in [0.5, 0.6) is 17.2 Å². The van der Waals surface area contributed by atoms with E-state index in [9.17, 15) is 14.4 Å². The molecule has 1 saturated heterocycles. The number of carbonyl (C=O) groups is 3. The fourth-order valence-electron chi connectivity index (χ4n) is 3.03. The molecule has 4 atom stereocenters. The van der Waals surface area contributed by atoms with E-state index in [0.29, 0.717) is 21.7 Å². The Morgan fingerprint density at radius 1 is 1.03 bits per heavy atom. The third-order valence-corrected chi connectivity index (χ3v) is 4.83. The van der Waals surface area contributed by atoms with Crippen LogP contribution >= 0.6 is 15.9 Å². The van der Waals surface area contributed by atoms with Gasteiger partial charge >= 0.3 is 17.9 Å². The molecule has 0 saturated carbocycles. The van der Waals surface area contributed by atoms with E-state index in [0.717, 1.165) is 0 Å². The summed E-state index contributed by atoms with van der Waals surface area (Å²) in [7, 11) is 2.99. The fourth-order valence-corrected chi connectivity index (χ4v) is 3.55. The maximum absolute atomic E-state index is 11.6. The average Bonchev–Trinajstić information content (AvgIpc) is 2.68. The molecule has 1 heterocycles. The SMILES string of the molecule is COc1cc(Br)c(O[C@H]2C[C@@H](OC(C)=O)[C@H](OC(C)=O)[C@@H](COC(C)=O)O2)c(OC)c1. The largest absolute Gasteiger partial charge is 0.497 e. The standard InChI is InChI=1S/C20H25BrO10/c1-10(22)27-9-17-20(29-12(3)24)16(28-11(2)23)8-18(30-17)31-19-14(21)6-13(25-4)7-15(19)26-5/h6-7,16-18,20H,8-9H2,1-5H3/t16-,17-,18+,20+/m1/s1. The zero-order valence-corrected chi connectivity index (χ0v) is 19.4. The van der Waals surface area contributed by atoms with E-state index in [2.05, 4.69) is 15.9 Å². The molecular formula is C20H25BrO10. The van der Waals surface area contributed by atoms with Crippen molar-refractivity contribution in [2.75, 3.05) is 20.8 Å². The Hall–Kier alpha value is -2.53. The van der Waals surface area contributed by atoms with Crippen LogP contribution in [0.2, 0.25) is 0 Å². The van der Waals surface area contributed by atoms with Crippen LogP contribution in [-0.4, -0.2) is 63.3 Å². The normalized spacial score (nSPS) is 22.8. The molecule has 1 aromatic rings. The van der Waals surface area contributed by atoms with Gasteiger partial charge in [-0.2, -0.15) is 0 Å². The van der Waals surface area contributed by atoms with Gasteiger partial charge in [0, 0.05) is 26.8 Å². The van der Waals surface area contributed by atoms with Gasteiger partial charge in [-0.1, -0.05) is 0 Å². The van der Waals surface area contributed by atoms with Crippen molar-refractivity contribution in [2.45, 2.75) is 51.8 Å².